The Balaban J connectivity index is 1.44. The van der Waals surface area contributed by atoms with E-state index in [4.69, 9.17) is 14.2 Å². The van der Waals surface area contributed by atoms with Gasteiger partial charge in [0.15, 0.2) is 6.61 Å². The molecule has 0 aliphatic carbocycles. The zero-order chi connectivity index (χ0) is 18.4. The van der Waals surface area contributed by atoms with Crippen molar-refractivity contribution in [3.05, 3.63) is 52.5 Å². The molecule has 138 valence electrons. The number of nitrogens with one attached hydrogen (secondary N) is 1. The van der Waals surface area contributed by atoms with Gasteiger partial charge in [0.05, 0.1) is 6.10 Å². The fourth-order valence-corrected chi connectivity index (χ4v) is 3.19. The van der Waals surface area contributed by atoms with Gasteiger partial charge in [0.25, 0.3) is 5.91 Å². The average molecular weight is 420 g/mol. The summed E-state index contributed by atoms with van der Waals surface area (Å²) in [5.41, 5.74) is 1.68. The highest BCUT2D eigenvalue weighted by Crippen LogP contribution is 2.22. The van der Waals surface area contributed by atoms with Crippen LogP contribution in [-0.4, -0.2) is 31.8 Å². The fraction of sp³-hybridized carbons (Fsp3) is 0.350. The second-order valence-electron chi connectivity index (χ2n) is 6.22. The van der Waals surface area contributed by atoms with E-state index in [0.717, 1.165) is 35.2 Å². The standard InChI is InChI=1S/C20H22BrNO4/c1-14-11-15(21)4-9-19(14)26-13-20(23)22-16-5-7-17(8-6-16)25-12-18-3-2-10-24-18/h4-9,11,18H,2-3,10,12-13H2,1H3,(H,22,23)/t18-/m1/s1. The Labute approximate surface area is 161 Å². The van der Waals surface area contributed by atoms with Crippen molar-refractivity contribution in [2.24, 2.45) is 0 Å². The van der Waals surface area contributed by atoms with Crippen LogP contribution in [0.4, 0.5) is 5.69 Å². The van der Waals surface area contributed by atoms with Crippen LogP contribution >= 0.6 is 15.9 Å². The molecule has 0 radical (unpaired) electrons. The van der Waals surface area contributed by atoms with Crippen molar-refractivity contribution < 1.29 is 19.0 Å². The number of carbonyl (C=O) groups excluding carboxylic acids is 1. The van der Waals surface area contributed by atoms with Gasteiger partial charge in [0, 0.05) is 16.8 Å². The summed E-state index contributed by atoms with van der Waals surface area (Å²) in [6.07, 6.45) is 2.33. The minimum absolute atomic E-state index is 0.0419. The maximum atomic E-state index is 12.1. The van der Waals surface area contributed by atoms with Crippen LogP contribution in [0.15, 0.2) is 46.9 Å². The van der Waals surface area contributed by atoms with Crippen LogP contribution in [-0.2, 0) is 9.53 Å². The van der Waals surface area contributed by atoms with Crippen LogP contribution in [0.5, 0.6) is 11.5 Å². The Hall–Kier alpha value is -2.05. The van der Waals surface area contributed by atoms with Gasteiger partial charge in [-0.25, -0.2) is 0 Å². The van der Waals surface area contributed by atoms with Crippen molar-refractivity contribution in [2.75, 3.05) is 25.1 Å². The largest absolute Gasteiger partial charge is 0.491 e. The van der Waals surface area contributed by atoms with Gasteiger partial charge in [-0.05, 0) is 67.8 Å². The molecule has 6 heteroatoms. The van der Waals surface area contributed by atoms with Gasteiger partial charge in [0.1, 0.15) is 18.1 Å². The predicted octanol–water partition coefficient (Wildman–Crippen LogP) is 4.33. The third-order valence-electron chi connectivity index (χ3n) is 4.09. The maximum Gasteiger partial charge on any atom is 0.262 e. The number of anilines is 1. The minimum atomic E-state index is -0.208. The highest BCUT2D eigenvalue weighted by atomic mass is 79.9. The zero-order valence-electron chi connectivity index (χ0n) is 14.7. The van der Waals surface area contributed by atoms with Crippen molar-refractivity contribution in [1.82, 2.24) is 0 Å². The number of amides is 1. The number of halogens is 1. The Morgan fingerprint density at radius 3 is 2.73 bits per heavy atom. The molecule has 0 saturated carbocycles. The molecule has 1 N–H and O–H groups in total. The van der Waals surface area contributed by atoms with Gasteiger partial charge >= 0.3 is 0 Å². The minimum Gasteiger partial charge on any atom is -0.491 e. The molecule has 0 spiro atoms. The van der Waals surface area contributed by atoms with E-state index in [1.165, 1.54) is 0 Å². The molecule has 3 rings (SSSR count). The molecular weight excluding hydrogens is 398 g/mol. The molecule has 1 aliphatic rings. The van der Waals surface area contributed by atoms with Gasteiger partial charge in [-0.1, -0.05) is 15.9 Å². The first-order chi connectivity index (χ1) is 12.6. The molecule has 1 fully saturated rings. The molecule has 2 aromatic carbocycles. The number of hydrogen-bond donors (Lipinski definition) is 1. The van der Waals surface area contributed by atoms with Crippen molar-refractivity contribution in [1.29, 1.82) is 0 Å². The summed E-state index contributed by atoms with van der Waals surface area (Å²) >= 11 is 3.40. The summed E-state index contributed by atoms with van der Waals surface area (Å²) in [6.45, 7) is 3.28. The molecule has 1 heterocycles. The first-order valence-electron chi connectivity index (χ1n) is 8.63. The molecule has 5 nitrogen and oxygen atoms in total. The molecule has 0 unspecified atom stereocenters. The lowest BCUT2D eigenvalue weighted by Crippen LogP contribution is -2.20. The number of aryl methyl sites for hydroxylation is 1. The maximum absolute atomic E-state index is 12.1. The highest BCUT2D eigenvalue weighted by Gasteiger charge is 2.15. The van der Waals surface area contributed by atoms with Crippen LogP contribution in [0, 0.1) is 6.92 Å². The Morgan fingerprint density at radius 2 is 2.04 bits per heavy atom. The van der Waals surface area contributed by atoms with Crippen LogP contribution in [0.2, 0.25) is 0 Å². The van der Waals surface area contributed by atoms with Crippen molar-refractivity contribution in [3.63, 3.8) is 0 Å². The smallest absolute Gasteiger partial charge is 0.262 e. The summed E-state index contributed by atoms with van der Waals surface area (Å²) in [5, 5.41) is 2.81. The van der Waals surface area contributed by atoms with Crippen molar-refractivity contribution in [2.45, 2.75) is 25.9 Å². The van der Waals surface area contributed by atoms with E-state index in [1.54, 1.807) is 0 Å². The predicted molar refractivity (Wildman–Crippen MR) is 104 cm³/mol. The monoisotopic (exact) mass is 419 g/mol. The molecule has 1 aliphatic heterocycles. The van der Waals surface area contributed by atoms with Gasteiger partial charge in [-0.2, -0.15) is 0 Å². The van der Waals surface area contributed by atoms with E-state index >= 15 is 0 Å². The molecule has 0 bridgehead atoms. The Morgan fingerprint density at radius 1 is 1.23 bits per heavy atom. The SMILES string of the molecule is Cc1cc(Br)ccc1OCC(=O)Nc1ccc(OC[C@H]2CCCO2)cc1. The molecule has 1 amide bonds. The molecule has 26 heavy (non-hydrogen) atoms. The highest BCUT2D eigenvalue weighted by molar-refractivity contribution is 9.10. The number of hydrogen-bond acceptors (Lipinski definition) is 4. The van der Waals surface area contributed by atoms with Crippen LogP contribution < -0.4 is 14.8 Å². The van der Waals surface area contributed by atoms with Gasteiger partial charge in [-0.15, -0.1) is 0 Å². The molecule has 0 aromatic heterocycles. The lowest BCUT2D eigenvalue weighted by Gasteiger charge is -2.12. The third-order valence-corrected chi connectivity index (χ3v) is 4.59. The molecule has 1 atom stereocenters. The van der Waals surface area contributed by atoms with Gasteiger partial charge < -0.3 is 19.5 Å². The summed E-state index contributed by atoms with van der Waals surface area (Å²) < 4.78 is 17.8. The molecule has 1 saturated heterocycles. The molecule has 2 aromatic rings. The van der Waals surface area contributed by atoms with Crippen LogP contribution in [0.25, 0.3) is 0 Å². The topological polar surface area (TPSA) is 56.8 Å². The first kappa shape index (κ1) is 18.7. The fourth-order valence-electron chi connectivity index (χ4n) is 2.71. The van der Waals surface area contributed by atoms with Crippen molar-refractivity contribution >= 4 is 27.5 Å². The summed E-state index contributed by atoms with van der Waals surface area (Å²) in [7, 11) is 0. The second-order valence-corrected chi connectivity index (χ2v) is 7.13. The lowest BCUT2D eigenvalue weighted by atomic mass is 10.2. The van der Waals surface area contributed by atoms with Crippen LogP contribution in [0.1, 0.15) is 18.4 Å². The quantitative estimate of drug-likeness (QED) is 0.725. The molecular formula is C20H22BrNO4. The van der Waals surface area contributed by atoms with Crippen LogP contribution in [0.3, 0.4) is 0 Å². The van der Waals surface area contributed by atoms with E-state index in [9.17, 15) is 4.79 Å². The number of benzene rings is 2. The Bertz CT molecular complexity index is 742. The number of carbonyl (C=O) groups is 1. The number of rotatable bonds is 7. The van der Waals surface area contributed by atoms with Crippen molar-refractivity contribution in [3.8, 4) is 11.5 Å². The van der Waals surface area contributed by atoms with E-state index in [1.807, 2.05) is 49.4 Å². The summed E-state index contributed by atoms with van der Waals surface area (Å²) in [4.78, 5) is 12.1. The van der Waals surface area contributed by atoms with Gasteiger partial charge in [0.2, 0.25) is 0 Å². The third kappa shape index (κ3) is 5.47. The van der Waals surface area contributed by atoms with E-state index in [-0.39, 0.29) is 18.6 Å². The summed E-state index contributed by atoms with van der Waals surface area (Å²) in [6, 6.07) is 13.0. The van der Waals surface area contributed by atoms with E-state index < -0.39 is 0 Å². The second kappa shape index (κ2) is 9.05. The average Bonchev–Trinajstić information content (AvgIpc) is 3.14. The van der Waals surface area contributed by atoms with Gasteiger partial charge in [-0.3, -0.25) is 4.79 Å². The first-order valence-corrected chi connectivity index (χ1v) is 9.43. The summed E-state index contributed by atoms with van der Waals surface area (Å²) in [5.74, 6) is 1.25. The normalized spacial score (nSPS) is 16.3. The van der Waals surface area contributed by atoms with E-state index in [2.05, 4.69) is 21.2 Å². The lowest BCUT2D eigenvalue weighted by molar-refractivity contribution is -0.118. The number of ether oxygens (including phenoxy) is 3. The zero-order valence-corrected chi connectivity index (χ0v) is 16.3. The van der Waals surface area contributed by atoms with E-state index in [0.29, 0.717) is 18.0 Å². The Kier molecular flexibility index (Phi) is 6.52.